The van der Waals surface area contributed by atoms with Crippen LogP contribution in [0.1, 0.15) is 10.4 Å². The number of hydrogen-bond donors (Lipinski definition) is 2. The van der Waals surface area contributed by atoms with E-state index < -0.39 is 5.97 Å². The summed E-state index contributed by atoms with van der Waals surface area (Å²) in [4.78, 5) is 19.0. The van der Waals surface area contributed by atoms with Gasteiger partial charge in [0.25, 0.3) is 0 Å². The van der Waals surface area contributed by atoms with Crippen LogP contribution >= 0.6 is 15.9 Å². The van der Waals surface area contributed by atoms with Gasteiger partial charge in [0.2, 0.25) is 0 Å². The van der Waals surface area contributed by atoms with Crippen molar-refractivity contribution in [2.24, 2.45) is 0 Å². The predicted molar refractivity (Wildman–Crippen MR) is 69.6 cm³/mol. The molecule has 0 aliphatic carbocycles. The number of carbonyl (C=O) groups is 1. The second-order valence-corrected chi connectivity index (χ2v) is 4.50. The largest absolute Gasteiger partial charge is 0.478 e. The van der Waals surface area contributed by atoms with E-state index in [-0.39, 0.29) is 5.56 Å². The number of aromatic nitrogens is 3. The van der Waals surface area contributed by atoms with Crippen molar-refractivity contribution in [3.63, 3.8) is 0 Å². The minimum atomic E-state index is -1.01. The Morgan fingerprint density at radius 3 is 3.06 bits per heavy atom. The van der Waals surface area contributed by atoms with Crippen molar-refractivity contribution < 1.29 is 9.90 Å². The lowest BCUT2D eigenvalue weighted by Gasteiger charge is -2.09. The van der Waals surface area contributed by atoms with Gasteiger partial charge in [0.1, 0.15) is 11.4 Å². The van der Waals surface area contributed by atoms with Gasteiger partial charge < -0.3 is 15.0 Å². The van der Waals surface area contributed by atoms with Crippen molar-refractivity contribution in [1.29, 1.82) is 0 Å². The van der Waals surface area contributed by atoms with E-state index in [2.05, 4.69) is 31.2 Å². The molecule has 2 rings (SSSR count). The normalized spacial score (nSPS) is 10.3. The number of imidazole rings is 1. The van der Waals surface area contributed by atoms with Crippen LogP contribution in [0.5, 0.6) is 0 Å². The summed E-state index contributed by atoms with van der Waals surface area (Å²) in [5.74, 6) is -0.639. The first kappa shape index (κ1) is 12.6. The summed E-state index contributed by atoms with van der Waals surface area (Å²) >= 11 is 3.20. The first-order valence-electron chi connectivity index (χ1n) is 5.25. The van der Waals surface area contributed by atoms with Crippen LogP contribution in [0, 0.1) is 0 Å². The minimum Gasteiger partial charge on any atom is -0.478 e. The molecule has 2 aromatic rings. The summed E-state index contributed by atoms with van der Waals surface area (Å²) in [6.07, 6.45) is 6.80. The molecule has 0 fully saturated rings. The highest BCUT2D eigenvalue weighted by Crippen LogP contribution is 2.17. The number of nitrogens with zero attached hydrogens (tertiary/aromatic N) is 3. The van der Waals surface area contributed by atoms with E-state index in [0.717, 1.165) is 0 Å². The number of carboxylic acids is 1. The number of carboxylic acid groups (broad SMARTS) is 1. The Labute approximate surface area is 112 Å². The van der Waals surface area contributed by atoms with Gasteiger partial charge in [-0.25, -0.2) is 14.8 Å². The third-order valence-corrected chi connectivity index (χ3v) is 2.74. The number of nitrogens with one attached hydrogen (secondary N) is 1. The standard InChI is InChI=1S/C11H11BrN4O2/c12-8-5-9(11(17)18)10(15-6-8)14-2-4-16-3-1-13-7-16/h1,3,5-7H,2,4H2,(H,14,15)(H,17,18). The second-order valence-electron chi connectivity index (χ2n) is 3.58. The molecule has 0 aliphatic rings. The van der Waals surface area contributed by atoms with Crippen LogP contribution < -0.4 is 5.32 Å². The van der Waals surface area contributed by atoms with E-state index in [1.54, 1.807) is 18.7 Å². The van der Waals surface area contributed by atoms with Gasteiger partial charge in [-0.3, -0.25) is 0 Å². The van der Waals surface area contributed by atoms with Crippen LogP contribution in [0.25, 0.3) is 0 Å². The topological polar surface area (TPSA) is 80.0 Å². The van der Waals surface area contributed by atoms with Gasteiger partial charge in [-0.2, -0.15) is 0 Å². The first-order chi connectivity index (χ1) is 8.66. The van der Waals surface area contributed by atoms with Crippen LogP contribution in [0.3, 0.4) is 0 Å². The van der Waals surface area contributed by atoms with Gasteiger partial charge in [-0.05, 0) is 22.0 Å². The molecule has 94 valence electrons. The van der Waals surface area contributed by atoms with Crippen LogP contribution in [-0.4, -0.2) is 32.2 Å². The second kappa shape index (κ2) is 5.63. The fourth-order valence-corrected chi connectivity index (χ4v) is 1.80. The third-order valence-electron chi connectivity index (χ3n) is 2.31. The minimum absolute atomic E-state index is 0.148. The summed E-state index contributed by atoms with van der Waals surface area (Å²) in [7, 11) is 0. The molecule has 6 nitrogen and oxygen atoms in total. The molecule has 7 heteroatoms. The lowest BCUT2D eigenvalue weighted by atomic mass is 10.2. The fourth-order valence-electron chi connectivity index (χ4n) is 1.47. The molecule has 0 saturated carbocycles. The summed E-state index contributed by atoms with van der Waals surface area (Å²) in [5.41, 5.74) is 0.148. The average Bonchev–Trinajstić information content (AvgIpc) is 2.84. The van der Waals surface area contributed by atoms with Crippen molar-refractivity contribution in [2.45, 2.75) is 6.54 Å². The van der Waals surface area contributed by atoms with Gasteiger partial charge in [0.15, 0.2) is 0 Å². The molecule has 0 atom stereocenters. The van der Waals surface area contributed by atoms with Gasteiger partial charge >= 0.3 is 5.97 Å². The molecule has 0 saturated heterocycles. The van der Waals surface area contributed by atoms with Crippen molar-refractivity contribution in [3.05, 3.63) is 41.0 Å². The highest BCUT2D eigenvalue weighted by Gasteiger charge is 2.11. The number of hydrogen-bond acceptors (Lipinski definition) is 4. The highest BCUT2D eigenvalue weighted by molar-refractivity contribution is 9.10. The summed E-state index contributed by atoms with van der Waals surface area (Å²) < 4.78 is 2.53. The SMILES string of the molecule is O=C(O)c1cc(Br)cnc1NCCn1ccnc1. The van der Waals surface area contributed by atoms with Crippen molar-refractivity contribution >= 4 is 27.7 Å². The quantitative estimate of drug-likeness (QED) is 0.881. The maximum atomic E-state index is 11.0. The molecule has 0 radical (unpaired) electrons. The van der Waals surface area contributed by atoms with Crippen molar-refractivity contribution in [3.8, 4) is 0 Å². The highest BCUT2D eigenvalue weighted by atomic mass is 79.9. The molecule has 18 heavy (non-hydrogen) atoms. The van der Waals surface area contributed by atoms with Crippen molar-refractivity contribution in [1.82, 2.24) is 14.5 Å². The lowest BCUT2D eigenvalue weighted by molar-refractivity contribution is 0.0697. The Hall–Kier alpha value is -1.89. The van der Waals surface area contributed by atoms with Gasteiger partial charge in [-0.15, -0.1) is 0 Å². The smallest absolute Gasteiger partial charge is 0.339 e. The van der Waals surface area contributed by atoms with E-state index in [1.807, 2.05) is 10.8 Å². The molecule has 0 amide bonds. The van der Waals surface area contributed by atoms with Gasteiger partial charge in [-0.1, -0.05) is 0 Å². The van der Waals surface area contributed by atoms with Crippen LogP contribution in [0.2, 0.25) is 0 Å². The average molecular weight is 311 g/mol. The molecule has 2 heterocycles. The Bertz CT molecular complexity index is 542. The zero-order valence-corrected chi connectivity index (χ0v) is 11.0. The molecule has 0 aromatic carbocycles. The Balaban J connectivity index is 2.02. The maximum absolute atomic E-state index is 11.0. The zero-order valence-electron chi connectivity index (χ0n) is 9.38. The third kappa shape index (κ3) is 3.07. The molecule has 0 aliphatic heterocycles. The van der Waals surface area contributed by atoms with E-state index in [9.17, 15) is 4.79 Å². The number of rotatable bonds is 5. The monoisotopic (exact) mass is 310 g/mol. The molecule has 0 unspecified atom stereocenters. The molecular weight excluding hydrogens is 300 g/mol. The Kier molecular flexibility index (Phi) is 3.93. The lowest BCUT2D eigenvalue weighted by Crippen LogP contribution is -2.13. The summed E-state index contributed by atoms with van der Waals surface area (Å²) in [6.45, 7) is 1.27. The van der Waals surface area contributed by atoms with E-state index in [4.69, 9.17) is 5.11 Å². The summed E-state index contributed by atoms with van der Waals surface area (Å²) in [5, 5.41) is 12.1. The first-order valence-corrected chi connectivity index (χ1v) is 6.04. The van der Waals surface area contributed by atoms with Crippen LogP contribution in [-0.2, 0) is 6.54 Å². The molecule has 2 aromatic heterocycles. The molecule has 0 spiro atoms. The zero-order chi connectivity index (χ0) is 13.0. The number of pyridine rings is 1. The van der Waals surface area contributed by atoms with Crippen LogP contribution in [0.4, 0.5) is 5.82 Å². The Morgan fingerprint density at radius 1 is 1.56 bits per heavy atom. The Morgan fingerprint density at radius 2 is 2.39 bits per heavy atom. The van der Waals surface area contributed by atoms with E-state index in [0.29, 0.717) is 23.4 Å². The number of aromatic carboxylic acids is 1. The fraction of sp³-hybridized carbons (Fsp3) is 0.182. The van der Waals surface area contributed by atoms with Gasteiger partial charge in [0.05, 0.1) is 6.33 Å². The number of anilines is 1. The number of halogens is 1. The van der Waals surface area contributed by atoms with E-state index >= 15 is 0 Å². The van der Waals surface area contributed by atoms with Gasteiger partial charge in [0, 0.05) is 36.2 Å². The maximum Gasteiger partial charge on any atom is 0.339 e. The summed E-state index contributed by atoms with van der Waals surface area (Å²) in [6, 6.07) is 1.52. The molecule has 0 bridgehead atoms. The molecule has 2 N–H and O–H groups in total. The van der Waals surface area contributed by atoms with E-state index in [1.165, 1.54) is 6.07 Å². The molecular formula is C11H11BrN4O2. The van der Waals surface area contributed by atoms with Crippen LogP contribution in [0.15, 0.2) is 35.5 Å². The predicted octanol–water partition coefficient (Wildman–Crippen LogP) is 1.85. The van der Waals surface area contributed by atoms with Crippen molar-refractivity contribution in [2.75, 3.05) is 11.9 Å².